The van der Waals surface area contributed by atoms with E-state index in [0.29, 0.717) is 6.04 Å². The van der Waals surface area contributed by atoms with Crippen molar-refractivity contribution in [2.75, 3.05) is 6.54 Å². The van der Waals surface area contributed by atoms with Gasteiger partial charge >= 0.3 is 0 Å². The molecule has 0 heterocycles. The third-order valence-electron chi connectivity index (χ3n) is 1.17. The van der Waals surface area contributed by atoms with Gasteiger partial charge in [0, 0.05) is 6.04 Å². The number of halogens is 1. The summed E-state index contributed by atoms with van der Waals surface area (Å²) < 4.78 is 0. The fourth-order valence-corrected chi connectivity index (χ4v) is 0.688. The number of rotatable bonds is 3. The zero-order valence-corrected chi connectivity index (χ0v) is 5.74. The van der Waals surface area contributed by atoms with Crippen molar-refractivity contribution in [2.45, 2.75) is 18.9 Å². The lowest BCUT2D eigenvalue weighted by Crippen LogP contribution is -2.31. The lowest BCUT2D eigenvalue weighted by Gasteiger charge is -1.98. The highest BCUT2D eigenvalue weighted by atomic mass is 35.5. The molecule has 0 saturated heterocycles. The average molecular weight is 149 g/mol. The molecule has 0 aromatic carbocycles. The molecule has 52 valence electrons. The van der Waals surface area contributed by atoms with Crippen LogP contribution in [-0.4, -0.2) is 18.5 Å². The first-order valence-electron chi connectivity index (χ1n) is 2.96. The second-order valence-electron chi connectivity index (χ2n) is 2.15. The van der Waals surface area contributed by atoms with E-state index < -0.39 is 0 Å². The Kier molecular flexibility index (Phi) is 2.30. The van der Waals surface area contributed by atoms with Gasteiger partial charge < -0.3 is 5.32 Å². The van der Waals surface area contributed by atoms with E-state index in [1.54, 1.807) is 0 Å². The number of hydrogen-bond acceptors (Lipinski definition) is 2. The van der Waals surface area contributed by atoms with Crippen LogP contribution in [0.4, 0.5) is 0 Å². The molecular formula is C5H9ClN2O. The number of carbonyl (C=O) groups is 1. The van der Waals surface area contributed by atoms with Crippen LogP contribution in [0.2, 0.25) is 0 Å². The van der Waals surface area contributed by atoms with Crippen molar-refractivity contribution in [1.29, 1.82) is 0 Å². The van der Waals surface area contributed by atoms with Crippen molar-refractivity contribution in [3.8, 4) is 0 Å². The van der Waals surface area contributed by atoms with E-state index >= 15 is 0 Å². The number of hydrogen-bond donors (Lipinski definition) is 2. The van der Waals surface area contributed by atoms with Gasteiger partial charge in [0.2, 0.25) is 5.91 Å². The minimum Gasteiger partial charge on any atom is -0.352 e. The standard InChI is InChI=1S/C5H9ClN2O/c6-7-3-5(9)8-4-1-2-4/h4,7H,1-3H2,(H,8,9). The topological polar surface area (TPSA) is 41.1 Å². The predicted molar refractivity (Wildman–Crippen MR) is 35.0 cm³/mol. The molecule has 1 saturated carbocycles. The largest absolute Gasteiger partial charge is 0.352 e. The molecule has 0 atom stereocenters. The van der Waals surface area contributed by atoms with Crippen LogP contribution in [0.5, 0.6) is 0 Å². The maximum atomic E-state index is 10.6. The SMILES string of the molecule is O=C(CNCl)NC1CC1. The summed E-state index contributed by atoms with van der Waals surface area (Å²) in [6.45, 7) is 0.206. The Morgan fingerprint density at radius 3 is 2.78 bits per heavy atom. The summed E-state index contributed by atoms with van der Waals surface area (Å²) >= 11 is 5.09. The first kappa shape index (κ1) is 6.83. The van der Waals surface area contributed by atoms with E-state index in [4.69, 9.17) is 11.8 Å². The molecule has 1 amide bonds. The summed E-state index contributed by atoms with van der Waals surface area (Å²) in [7, 11) is 0. The monoisotopic (exact) mass is 148 g/mol. The molecule has 0 aromatic heterocycles. The van der Waals surface area contributed by atoms with E-state index in [2.05, 4.69) is 10.2 Å². The van der Waals surface area contributed by atoms with E-state index in [9.17, 15) is 4.79 Å². The van der Waals surface area contributed by atoms with Crippen LogP contribution in [0, 0.1) is 0 Å². The first-order chi connectivity index (χ1) is 4.33. The van der Waals surface area contributed by atoms with Gasteiger partial charge in [-0.3, -0.25) is 4.79 Å². The van der Waals surface area contributed by atoms with Gasteiger partial charge in [0.25, 0.3) is 0 Å². The van der Waals surface area contributed by atoms with E-state index in [1.807, 2.05) is 0 Å². The minimum absolute atomic E-state index is 0.0208. The molecule has 2 N–H and O–H groups in total. The first-order valence-corrected chi connectivity index (χ1v) is 3.33. The second kappa shape index (κ2) is 3.03. The highest BCUT2D eigenvalue weighted by Gasteiger charge is 2.22. The highest BCUT2D eigenvalue weighted by molar-refractivity contribution is 6.14. The Balaban J connectivity index is 2.02. The Hall–Kier alpha value is -0.280. The summed E-state index contributed by atoms with van der Waals surface area (Å²) in [5, 5.41) is 2.77. The third-order valence-corrected chi connectivity index (χ3v) is 1.30. The Labute approximate surface area is 58.9 Å². The zero-order valence-electron chi connectivity index (χ0n) is 4.98. The molecule has 1 rings (SSSR count). The van der Waals surface area contributed by atoms with Crippen LogP contribution < -0.4 is 10.2 Å². The zero-order chi connectivity index (χ0) is 6.69. The van der Waals surface area contributed by atoms with Crippen molar-refractivity contribution >= 4 is 17.7 Å². The number of amides is 1. The van der Waals surface area contributed by atoms with Crippen LogP contribution in [0.3, 0.4) is 0 Å². The maximum absolute atomic E-state index is 10.6. The van der Waals surface area contributed by atoms with Gasteiger partial charge in [0.1, 0.15) is 0 Å². The molecule has 0 radical (unpaired) electrons. The predicted octanol–water partition coefficient (Wildman–Crippen LogP) is 0.00840. The Morgan fingerprint density at radius 1 is 1.67 bits per heavy atom. The molecule has 0 spiro atoms. The van der Waals surface area contributed by atoms with Gasteiger partial charge in [-0.1, -0.05) is 0 Å². The van der Waals surface area contributed by atoms with Crippen molar-refractivity contribution in [3.63, 3.8) is 0 Å². The van der Waals surface area contributed by atoms with Gasteiger partial charge in [-0.25, -0.2) is 4.84 Å². The lowest BCUT2D eigenvalue weighted by molar-refractivity contribution is -0.120. The average Bonchev–Trinajstić information content (AvgIpc) is 2.50. The molecule has 4 heteroatoms. The van der Waals surface area contributed by atoms with Gasteiger partial charge in [0.15, 0.2) is 0 Å². The van der Waals surface area contributed by atoms with Crippen molar-refractivity contribution < 1.29 is 4.79 Å². The van der Waals surface area contributed by atoms with Crippen LogP contribution in [0.1, 0.15) is 12.8 Å². The summed E-state index contributed by atoms with van der Waals surface area (Å²) in [4.78, 5) is 12.9. The van der Waals surface area contributed by atoms with Crippen LogP contribution in [0.15, 0.2) is 0 Å². The number of nitrogens with one attached hydrogen (secondary N) is 2. The van der Waals surface area contributed by atoms with E-state index in [0.717, 1.165) is 12.8 Å². The highest BCUT2D eigenvalue weighted by Crippen LogP contribution is 2.17. The molecular weight excluding hydrogens is 140 g/mol. The Morgan fingerprint density at radius 2 is 2.33 bits per heavy atom. The van der Waals surface area contributed by atoms with Crippen molar-refractivity contribution in [2.24, 2.45) is 0 Å². The fraction of sp³-hybridized carbons (Fsp3) is 0.800. The van der Waals surface area contributed by atoms with Crippen molar-refractivity contribution in [3.05, 3.63) is 0 Å². The molecule has 1 fully saturated rings. The molecule has 3 nitrogen and oxygen atoms in total. The lowest BCUT2D eigenvalue weighted by atomic mass is 10.5. The molecule has 0 aromatic rings. The summed E-state index contributed by atoms with van der Waals surface area (Å²) in [6, 6.07) is 0.433. The molecule has 1 aliphatic carbocycles. The van der Waals surface area contributed by atoms with Crippen LogP contribution >= 0.6 is 11.8 Å². The van der Waals surface area contributed by atoms with Crippen LogP contribution in [-0.2, 0) is 4.79 Å². The Bertz CT molecular complexity index is 114. The second-order valence-corrected chi connectivity index (χ2v) is 2.42. The minimum atomic E-state index is -0.0208. The quantitative estimate of drug-likeness (QED) is 0.554. The van der Waals surface area contributed by atoms with Crippen molar-refractivity contribution in [1.82, 2.24) is 10.2 Å². The van der Waals surface area contributed by atoms with E-state index in [1.165, 1.54) is 0 Å². The van der Waals surface area contributed by atoms with Crippen LogP contribution in [0.25, 0.3) is 0 Å². The van der Waals surface area contributed by atoms with Gasteiger partial charge in [-0.15, -0.1) is 0 Å². The molecule has 1 aliphatic rings. The van der Waals surface area contributed by atoms with Gasteiger partial charge in [-0.05, 0) is 24.6 Å². The number of carbonyl (C=O) groups excluding carboxylic acids is 1. The fourth-order valence-electron chi connectivity index (χ4n) is 0.567. The smallest absolute Gasteiger partial charge is 0.235 e. The molecule has 0 bridgehead atoms. The normalized spacial score (nSPS) is 17.4. The molecule has 9 heavy (non-hydrogen) atoms. The molecule has 0 unspecified atom stereocenters. The summed E-state index contributed by atoms with van der Waals surface area (Å²) in [5.74, 6) is -0.0208. The third kappa shape index (κ3) is 2.67. The maximum Gasteiger partial charge on any atom is 0.235 e. The summed E-state index contributed by atoms with van der Waals surface area (Å²) in [5.41, 5.74) is 0. The molecule has 0 aliphatic heterocycles. The van der Waals surface area contributed by atoms with Gasteiger partial charge in [0.05, 0.1) is 6.54 Å². The summed E-state index contributed by atoms with van der Waals surface area (Å²) in [6.07, 6.45) is 2.24. The van der Waals surface area contributed by atoms with Gasteiger partial charge in [-0.2, -0.15) is 0 Å². The van der Waals surface area contributed by atoms with E-state index in [-0.39, 0.29) is 12.5 Å².